The maximum atomic E-state index is 3.57. The topological polar surface area (TPSA) is 15.3 Å². The molecule has 0 aliphatic carbocycles. The first-order valence-electron chi connectivity index (χ1n) is 7.41. The lowest BCUT2D eigenvalue weighted by atomic mass is 10.0. The minimum atomic E-state index is 0.836. The molecule has 2 nitrogen and oxygen atoms in total. The molecule has 0 amide bonds. The Kier molecular flexibility index (Phi) is 8.15. The number of halogens is 1. The van der Waals surface area contributed by atoms with Crippen LogP contribution in [0.4, 0.5) is 5.69 Å². The summed E-state index contributed by atoms with van der Waals surface area (Å²) in [4.78, 5) is 2.54. The van der Waals surface area contributed by atoms with E-state index >= 15 is 0 Å². The summed E-state index contributed by atoms with van der Waals surface area (Å²) in [7, 11) is 0. The second-order valence-electron chi connectivity index (χ2n) is 4.98. The number of rotatable bonds is 9. The van der Waals surface area contributed by atoms with Crippen LogP contribution in [-0.4, -0.2) is 31.1 Å². The number of para-hydroxylation sites is 1. The Hall–Kier alpha value is -0.540. The molecule has 0 saturated heterocycles. The van der Waals surface area contributed by atoms with Crippen molar-refractivity contribution in [1.82, 2.24) is 4.90 Å². The molecule has 0 aromatic heterocycles. The minimum absolute atomic E-state index is 0.836. The Labute approximate surface area is 126 Å². The summed E-state index contributed by atoms with van der Waals surface area (Å²) in [6.45, 7) is 11.3. The molecule has 0 aliphatic rings. The second-order valence-corrected chi connectivity index (χ2v) is 5.84. The molecule has 0 spiro atoms. The zero-order valence-electron chi connectivity index (χ0n) is 12.5. The quantitative estimate of drug-likeness (QED) is 0.712. The van der Waals surface area contributed by atoms with Crippen molar-refractivity contribution in [2.24, 2.45) is 5.92 Å². The maximum Gasteiger partial charge on any atom is 0.0485 e. The maximum absolute atomic E-state index is 3.57. The molecule has 0 saturated carbocycles. The smallest absolute Gasteiger partial charge is 0.0485 e. The number of nitrogens with zero attached hydrogens (tertiary/aromatic N) is 1. The van der Waals surface area contributed by atoms with E-state index in [0.29, 0.717) is 0 Å². The molecule has 1 rings (SSSR count). The predicted octanol–water partition coefficient (Wildman–Crippen LogP) is 4.62. The van der Waals surface area contributed by atoms with Crippen molar-refractivity contribution in [1.29, 1.82) is 0 Å². The Morgan fingerprint density at radius 1 is 1.16 bits per heavy atom. The molecule has 3 heteroatoms. The van der Waals surface area contributed by atoms with Gasteiger partial charge in [-0.25, -0.2) is 0 Å². The molecular weight excluding hydrogens is 300 g/mol. The van der Waals surface area contributed by atoms with Crippen LogP contribution in [0.15, 0.2) is 28.7 Å². The van der Waals surface area contributed by atoms with Gasteiger partial charge >= 0.3 is 0 Å². The average Bonchev–Trinajstić information content (AvgIpc) is 2.44. The summed E-state index contributed by atoms with van der Waals surface area (Å²) >= 11 is 3.57. The minimum Gasteiger partial charge on any atom is -0.383 e. The van der Waals surface area contributed by atoms with Gasteiger partial charge in [-0.2, -0.15) is 0 Å². The number of benzene rings is 1. The summed E-state index contributed by atoms with van der Waals surface area (Å²) < 4.78 is 1.14. The first-order chi connectivity index (χ1) is 9.21. The zero-order chi connectivity index (χ0) is 14.1. The van der Waals surface area contributed by atoms with Crippen LogP contribution in [0.1, 0.15) is 33.6 Å². The standard InChI is InChI=1S/C16H27BrN2/c1-4-14(5-2)13-19(6-3)12-11-18-16-10-8-7-9-15(16)17/h7-10,14,18H,4-6,11-13H2,1-3H3. The SMILES string of the molecule is CCC(CC)CN(CC)CCNc1ccccc1Br. The fraction of sp³-hybridized carbons (Fsp3) is 0.625. The van der Waals surface area contributed by atoms with Crippen molar-refractivity contribution < 1.29 is 0 Å². The Bertz CT molecular complexity index is 350. The van der Waals surface area contributed by atoms with Crippen LogP contribution in [0.5, 0.6) is 0 Å². The highest BCUT2D eigenvalue weighted by molar-refractivity contribution is 9.10. The zero-order valence-corrected chi connectivity index (χ0v) is 14.0. The van der Waals surface area contributed by atoms with Crippen molar-refractivity contribution in [3.8, 4) is 0 Å². The van der Waals surface area contributed by atoms with E-state index < -0.39 is 0 Å². The van der Waals surface area contributed by atoms with Gasteiger partial charge in [0.25, 0.3) is 0 Å². The Morgan fingerprint density at radius 3 is 2.42 bits per heavy atom. The van der Waals surface area contributed by atoms with Crippen LogP contribution < -0.4 is 5.32 Å². The number of likely N-dealkylation sites (N-methyl/N-ethyl adjacent to an activating group) is 1. The third-order valence-electron chi connectivity index (χ3n) is 3.74. The van der Waals surface area contributed by atoms with Gasteiger partial charge in [-0.15, -0.1) is 0 Å². The third-order valence-corrected chi connectivity index (χ3v) is 4.43. The lowest BCUT2D eigenvalue weighted by molar-refractivity contribution is 0.241. The van der Waals surface area contributed by atoms with Gasteiger partial charge in [0.2, 0.25) is 0 Å². The van der Waals surface area contributed by atoms with Crippen LogP contribution >= 0.6 is 15.9 Å². The van der Waals surface area contributed by atoms with Crippen molar-refractivity contribution >= 4 is 21.6 Å². The summed E-state index contributed by atoms with van der Waals surface area (Å²) in [6, 6.07) is 8.29. The molecule has 0 heterocycles. The van der Waals surface area contributed by atoms with Crippen molar-refractivity contribution in [2.75, 3.05) is 31.5 Å². The van der Waals surface area contributed by atoms with E-state index in [1.54, 1.807) is 0 Å². The van der Waals surface area contributed by atoms with Crippen LogP contribution in [-0.2, 0) is 0 Å². The molecule has 0 bridgehead atoms. The van der Waals surface area contributed by atoms with Crippen LogP contribution in [0.25, 0.3) is 0 Å². The van der Waals surface area contributed by atoms with Gasteiger partial charge in [0.15, 0.2) is 0 Å². The second kappa shape index (κ2) is 9.38. The van der Waals surface area contributed by atoms with Crippen LogP contribution in [0.2, 0.25) is 0 Å². The molecular formula is C16H27BrN2. The first-order valence-corrected chi connectivity index (χ1v) is 8.21. The van der Waals surface area contributed by atoms with E-state index in [2.05, 4.69) is 65.1 Å². The van der Waals surface area contributed by atoms with Gasteiger partial charge in [0.05, 0.1) is 0 Å². The van der Waals surface area contributed by atoms with Crippen molar-refractivity contribution in [2.45, 2.75) is 33.6 Å². The highest BCUT2D eigenvalue weighted by Crippen LogP contribution is 2.20. The molecule has 0 atom stereocenters. The van der Waals surface area contributed by atoms with E-state index in [4.69, 9.17) is 0 Å². The number of nitrogens with one attached hydrogen (secondary N) is 1. The van der Waals surface area contributed by atoms with E-state index in [9.17, 15) is 0 Å². The largest absolute Gasteiger partial charge is 0.383 e. The fourth-order valence-corrected chi connectivity index (χ4v) is 2.67. The van der Waals surface area contributed by atoms with Crippen LogP contribution in [0.3, 0.4) is 0 Å². The highest BCUT2D eigenvalue weighted by Gasteiger charge is 2.09. The molecule has 1 aromatic carbocycles. The Balaban J connectivity index is 2.35. The molecule has 108 valence electrons. The van der Waals surface area contributed by atoms with Crippen LogP contribution in [0, 0.1) is 5.92 Å². The van der Waals surface area contributed by atoms with Gasteiger partial charge in [-0.1, -0.05) is 45.7 Å². The van der Waals surface area contributed by atoms with Gasteiger partial charge in [0, 0.05) is 29.8 Å². The van der Waals surface area contributed by atoms with Crippen molar-refractivity contribution in [3.63, 3.8) is 0 Å². The summed E-state index contributed by atoms with van der Waals surface area (Å²) in [6.07, 6.45) is 2.56. The molecule has 19 heavy (non-hydrogen) atoms. The molecule has 1 aromatic rings. The lowest BCUT2D eigenvalue weighted by Gasteiger charge is -2.25. The van der Waals surface area contributed by atoms with Gasteiger partial charge in [0.1, 0.15) is 0 Å². The molecule has 0 unspecified atom stereocenters. The van der Waals surface area contributed by atoms with E-state index in [0.717, 1.165) is 30.0 Å². The molecule has 0 fully saturated rings. The Morgan fingerprint density at radius 2 is 1.84 bits per heavy atom. The fourth-order valence-electron chi connectivity index (χ4n) is 2.24. The van der Waals surface area contributed by atoms with Crippen molar-refractivity contribution in [3.05, 3.63) is 28.7 Å². The number of hydrogen-bond acceptors (Lipinski definition) is 2. The normalized spacial score (nSPS) is 11.3. The summed E-state index contributed by atoms with van der Waals surface area (Å²) in [5, 5.41) is 3.50. The molecule has 0 radical (unpaired) electrons. The third kappa shape index (κ3) is 5.96. The van der Waals surface area contributed by atoms with E-state index in [1.165, 1.54) is 25.1 Å². The molecule has 1 N–H and O–H groups in total. The first kappa shape index (κ1) is 16.5. The number of anilines is 1. The lowest BCUT2D eigenvalue weighted by Crippen LogP contribution is -2.33. The van der Waals surface area contributed by atoms with E-state index in [1.807, 2.05) is 6.07 Å². The average molecular weight is 327 g/mol. The number of hydrogen-bond donors (Lipinski definition) is 1. The molecule has 0 aliphatic heterocycles. The summed E-state index contributed by atoms with van der Waals surface area (Å²) in [5.74, 6) is 0.836. The highest BCUT2D eigenvalue weighted by atomic mass is 79.9. The predicted molar refractivity (Wildman–Crippen MR) is 88.8 cm³/mol. The van der Waals surface area contributed by atoms with Gasteiger partial charge in [-0.3, -0.25) is 0 Å². The van der Waals surface area contributed by atoms with E-state index in [-0.39, 0.29) is 0 Å². The van der Waals surface area contributed by atoms with Gasteiger partial charge in [-0.05, 0) is 40.5 Å². The van der Waals surface area contributed by atoms with Gasteiger partial charge < -0.3 is 10.2 Å². The monoisotopic (exact) mass is 326 g/mol. The summed E-state index contributed by atoms with van der Waals surface area (Å²) in [5.41, 5.74) is 1.18.